The molecular formula is C66H44N6. The van der Waals surface area contributed by atoms with E-state index in [1.165, 1.54) is 22.3 Å². The average molecular weight is 921 g/mol. The van der Waals surface area contributed by atoms with E-state index in [0.717, 1.165) is 93.9 Å². The molecule has 0 amide bonds. The van der Waals surface area contributed by atoms with Crippen molar-refractivity contribution in [3.8, 4) is 85.0 Å². The van der Waals surface area contributed by atoms with E-state index in [1.807, 2.05) is 72.8 Å². The van der Waals surface area contributed by atoms with Gasteiger partial charge in [-0.15, -0.1) is 0 Å². The van der Waals surface area contributed by atoms with Gasteiger partial charge in [0.15, 0.2) is 17.5 Å². The minimum absolute atomic E-state index is 0.525. The number of nitrogens with zero attached hydrogens (tertiary/aromatic N) is 6. The van der Waals surface area contributed by atoms with Crippen molar-refractivity contribution in [2.45, 2.75) is 13.8 Å². The lowest BCUT2D eigenvalue weighted by atomic mass is 9.94. The van der Waals surface area contributed by atoms with Crippen molar-refractivity contribution in [3.63, 3.8) is 0 Å². The summed E-state index contributed by atoms with van der Waals surface area (Å²) in [5.41, 5.74) is 17.9. The van der Waals surface area contributed by atoms with Crippen LogP contribution in [-0.4, -0.2) is 24.1 Å². The molecular weight excluding hydrogens is 877 g/mol. The second kappa shape index (κ2) is 17.4. The zero-order chi connectivity index (χ0) is 48.3. The summed E-state index contributed by atoms with van der Waals surface area (Å²) in [6.45, 7) is 4.33. The Morgan fingerprint density at radius 3 is 1.31 bits per heavy atom. The van der Waals surface area contributed by atoms with Crippen molar-refractivity contribution in [2.24, 2.45) is 0 Å². The molecule has 0 radical (unpaired) electrons. The van der Waals surface area contributed by atoms with E-state index in [4.69, 9.17) is 15.0 Å². The maximum absolute atomic E-state index is 11.4. The molecule has 10 aromatic carbocycles. The summed E-state index contributed by atoms with van der Waals surface area (Å²) < 4.78 is 4.70. The first-order valence-electron chi connectivity index (χ1n) is 24.2. The van der Waals surface area contributed by atoms with Crippen LogP contribution in [0.1, 0.15) is 16.7 Å². The first kappa shape index (κ1) is 42.4. The summed E-state index contributed by atoms with van der Waals surface area (Å²) >= 11 is 0. The van der Waals surface area contributed by atoms with Crippen molar-refractivity contribution in [3.05, 3.63) is 247 Å². The summed E-state index contributed by atoms with van der Waals surface area (Å²) in [7, 11) is 0. The van der Waals surface area contributed by atoms with Gasteiger partial charge in [-0.2, -0.15) is 5.26 Å². The Bertz CT molecular complexity index is 4250. The lowest BCUT2D eigenvalue weighted by Gasteiger charge is -2.20. The highest BCUT2D eigenvalue weighted by molar-refractivity contribution is 6.13. The van der Waals surface area contributed by atoms with Crippen LogP contribution in [0.3, 0.4) is 0 Å². The summed E-state index contributed by atoms with van der Waals surface area (Å²) in [6.07, 6.45) is 0. The highest BCUT2D eigenvalue weighted by Crippen LogP contribution is 2.45. The third-order valence-electron chi connectivity index (χ3n) is 14.1. The number of hydrogen-bond donors (Lipinski definition) is 0. The van der Waals surface area contributed by atoms with Crippen LogP contribution in [0.4, 0.5) is 0 Å². The molecule has 0 aliphatic carbocycles. The predicted molar refractivity (Wildman–Crippen MR) is 295 cm³/mol. The Labute approximate surface area is 417 Å². The highest BCUT2D eigenvalue weighted by atomic mass is 15.0. The molecule has 0 atom stereocenters. The van der Waals surface area contributed by atoms with Gasteiger partial charge < -0.3 is 9.13 Å². The molecule has 338 valence electrons. The molecule has 3 heterocycles. The topological polar surface area (TPSA) is 72.3 Å². The molecule has 13 rings (SSSR count). The van der Waals surface area contributed by atoms with Gasteiger partial charge in [0.1, 0.15) is 0 Å². The fraction of sp³-hybridized carbons (Fsp3) is 0.0303. The lowest BCUT2D eigenvalue weighted by Crippen LogP contribution is -2.05. The van der Waals surface area contributed by atoms with Gasteiger partial charge in [-0.3, -0.25) is 0 Å². The molecule has 0 N–H and O–H groups in total. The number of para-hydroxylation sites is 2. The zero-order valence-corrected chi connectivity index (χ0v) is 39.6. The Balaban J connectivity index is 1.12. The number of hydrogen-bond acceptors (Lipinski definition) is 4. The van der Waals surface area contributed by atoms with Gasteiger partial charge in [-0.05, 0) is 114 Å². The Kier molecular flexibility index (Phi) is 10.2. The normalized spacial score (nSPS) is 11.5. The summed E-state index contributed by atoms with van der Waals surface area (Å²) in [5.74, 6) is 1.67. The van der Waals surface area contributed by atoms with E-state index in [1.54, 1.807) is 0 Å². The highest BCUT2D eigenvalue weighted by Gasteiger charge is 2.25. The molecule has 0 fully saturated rings. The van der Waals surface area contributed by atoms with Gasteiger partial charge >= 0.3 is 0 Å². The summed E-state index contributed by atoms with van der Waals surface area (Å²) in [6, 6.07) is 83.2. The van der Waals surface area contributed by atoms with Crippen molar-refractivity contribution in [2.75, 3.05) is 0 Å². The van der Waals surface area contributed by atoms with Gasteiger partial charge in [0.25, 0.3) is 0 Å². The van der Waals surface area contributed by atoms with Crippen LogP contribution in [-0.2, 0) is 0 Å². The molecule has 0 saturated heterocycles. The number of aromatic nitrogens is 5. The largest absolute Gasteiger partial charge is 0.309 e. The van der Waals surface area contributed by atoms with Crippen LogP contribution >= 0.6 is 0 Å². The molecule has 0 spiro atoms. The van der Waals surface area contributed by atoms with E-state index < -0.39 is 0 Å². The summed E-state index contributed by atoms with van der Waals surface area (Å²) in [5, 5.41) is 15.9. The lowest BCUT2D eigenvalue weighted by molar-refractivity contribution is 1.07. The first-order chi connectivity index (χ1) is 35.5. The fourth-order valence-corrected chi connectivity index (χ4v) is 10.7. The molecule has 0 saturated carbocycles. The maximum atomic E-state index is 11.4. The molecule has 0 aliphatic heterocycles. The van der Waals surface area contributed by atoms with Gasteiger partial charge in [-0.25, -0.2) is 15.0 Å². The van der Waals surface area contributed by atoms with Crippen LogP contribution in [0.2, 0.25) is 0 Å². The van der Waals surface area contributed by atoms with Gasteiger partial charge in [0, 0.05) is 49.4 Å². The molecule has 6 nitrogen and oxygen atoms in total. The standard InChI is InChI=1S/C66H44N6/c1-42-18-9-11-25-50(42)46-32-35-59-54(38-46)52-27-13-15-29-57(52)71(59)61-37-34-48(66-69-64(44-20-5-3-6-21-44)68-65(70-66)45-22-7-4-8-23-45)40-56(61)63-49(41-67)24-17-31-62(63)72-58-30-16-14-28-53(58)55-39-47(33-36-60(55)72)51-26-12-10-19-43(51)2/h3-40H,1-2H3. The van der Waals surface area contributed by atoms with Crippen LogP contribution in [0, 0.1) is 25.2 Å². The average Bonchev–Trinajstić information content (AvgIpc) is 3.95. The third-order valence-corrected chi connectivity index (χ3v) is 14.1. The molecule has 3 aromatic heterocycles. The van der Waals surface area contributed by atoms with Gasteiger partial charge in [-0.1, -0.05) is 164 Å². The molecule has 6 heteroatoms. The fourth-order valence-electron chi connectivity index (χ4n) is 10.7. The molecule has 0 unspecified atom stereocenters. The number of rotatable bonds is 8. The van der Waals surface area contributed by atoms with Crippen LogP contribution in [0.15, 0.2) is 231 Å². The third kappa shape index (κ3) is 7.06. The van der Waals surface area contributed by atoms with Crippen molar-refractivity contribution in [1.29, 1.82) is 5.26 Å². The van der Waals surface area contributed by atoms with Crippen molar-refractivity contribution >= 4 is 43.6 Å². The number of nitriles is 1. The number of aryl methyl sites for hydroxylation is 2. The minimum atomic E-state index is 0.525. The molecule has 13 aromatic rings. The Morgan fingerprint density at radius 2 is 0.778 bits per heavy atom. The quantitative estimate of drug-likeness (QED) is 0.152. The Morgan fingerprint density at radius 1 is 0.333 bits per heavy atom. The Hall–Kier alpha value is -9.70. The van der Waals surface area contributed by atoms with E-state index in [2.05, 4.69) is 187 Å². The van der Waals surface area contributed by atoms with Crippen LogP contribution in [0.25, 0.3) is 123 Å². The number of fused-ring (bicyclic) bond motifs is 6. The van der Waals surface area contributed by atoms with E-state index in [9.17, 15) is 5.26 Å². The van der Waals surface area contributed by atoms with E-state index in [0.29, 0.717) is 23.0 Å². The number of benzene rings is 10. The smallest absolute Gasteiger partial charge is 0.164 e. The second-order valence-electron chi connectivity index (χ2n) is 18.4. The van der Waals surface area contributed by atoms with Crippen LogP contribution < -0.4 is 0 Å². The summed E-state index contributed by atoms with van der Waals surface area (Å²) in [4.78, 5) is 15.4. The van der Waals surface area contributed by atoms with E-state index in [-0.39, 0.29) is 0 Å². The molecule has 0 aliphatic rings. The molecule has 0 bridgehead atoms. The zero-order valence-electron chi connectivity index (χ0n) is 39.6. The van der Waals surface area contributed by atoms with Gasteiger partial charge in [0.05, 0.1) is 45.1 Å². The van der Waals surface area contributed by atoms with E-state index >= 15 is 0 Å². The maximum Gasteiger partial charge on any atom is 0.164 e. The van der Waals surface area contributed by atoms with Crippen molar-refractivity contribution < 1.29 is 0 Å². The SMILES string of the molecule is Cc1ccccc1-c1ccc2c(c1)c1ccccc1n2-c1ccc(-c2nc(-c3ccccc3)nc(-c3ccccc3)n2)cc1-c1c(C#N)cccc1-n1c2ccccc2c2cc(-c3ccccc3C)ccc21. The predicted octanol–water partition coefficient (Wildman–Crippen LogP) is 16.6. The van der Waals surface area contributed by atoms with Crippen molar-refractivity contribution in [1.82, 2.24) is 24.1 Å². The minimum Gasteiger partial charge on any atom is -0.309 e. The van der Waals surface area contributed by atoms with Crippen LogP contribution in [0.5, 0.6) is 0 Å². The second-order valence-corrected chi connectivity index (χ2v) is 18.4. The first-order valence-corrected chi connectivity index (χ1v) is 24.2. The molecule has 72 heavy (non-hydrogen) atoms. The monoisotopic (exact) mass is 920 g/mol. The van der Waals surface area contributed by atoms with Gasteiger partial charge in [0.2, 0.25) is 0 Å².